The van der Waals surface area contributed by atoms with Crippen LogP contribution in [0.25, 0.3) is 33.2 Å². The topological polar surface area (TPSA) is 127 Å². The first-order valence-corrected chi connectivity index (χ1v) is 15.3. The van der Waals surface area contributed by atoms with Gasteiger partial charge in [0.2, 0.25) is 0 Å². The second-order valence-corrected chi connectivity index (χ2v) is 11.5. The van der Waals surface area contributed by atoms with Crippen molar-refractivity contribution in [1.82, 2.24) is 25.0 Å². The second-order valence-electron chi connectivity index (χ2n) is 11.5. The summed E-state index contributed by atoms with van der Waals surface area (Å²) in [6, 6.07) is 16.2. The first-order valence-electron chi connectivity index (χ1n) is 15.3. The van der Waals surface area contributed by atoms with Crippen LogP contribution in [0.5, 0.6) is 0 Å². The third-order valence-electron chi connectivity index (χ3n) is 8.89. The minimum absolute atomic E-state index is 0.0386. The monoisotopic (exact) mass is 582 g/mol. The molecule has 10 nitrogen and oxygen atoms in total. The molecule has 2 fully saturated rings. The number of aromatic amines is 2. The van der Waals surface area contributed by atoms with E-state index in [9.17, 15) is 14.9 Å². The van der Waals surface area contributed by atoms with Crippen molar-refractivity contribution in [3.8, 4) is 17.5 Å². The van der Waals surface area contributed by atoms with Crippen LogP contribution in [0.1, 0.15) is 44.2 Å². The van der Waals surface area contributed by atoms with Gasteiger partial charge >= 0.3 is 11.9 Å². The largest absolute Gasteiger partial charge is 0.466 e. The highest BCUT2D eigenvalue weighted by Gasteiger charge is 2.41. The van der Waals surface area contributed by atoms with E-state index in [1.807, 2.05) is 26.0 Å². The first-order chi connectivity index (χ1) is 21.0. The van der Waals surface area contributed by atoms with Gasteiger partial charge in [-0.2, -0.15) is 10.4 Å². The lowest BCUT2D eigenvalue weighted by Crippen LogP contribution is -2.56. The fraction of sp³-hybridized carbons (Fsp3) is 0.455. The molecular formula is C33H38N6O4. The lowest BCUT2D eigenvalue weighted by Gasteiger charge is -2.45. The van der Waals surface area contributed by atoms with Gasteiger partial charge in [-0.1, -0.05) is 12.1 Å². The molecule has 0 amide bonds. The molecule has 4 aromatic rings. The van der Waals surface area contributed by atoms with Gasteiger partial charge in [0.1, 0.15) is 5.69 Å². The summed E-state index contributed by atoms with van der Waals surface area (Å²) in [5, 5.41) is 18.9. The number of esters is 2. The Morgan fingerprint density at radius 1 is 1.00 bits per heavy atom. The highest BCUT2D eigenvalue weighted by molar-refractivity contribution is 5.96. The molecule has 3 unspecified atom stereocenters. The smallest absolute Gasteiger partial charge is 0.311 e. The molecule has 0 bridgehead atoms. The average Bonchev–Trinajstić information content (AvgIpc) is 3.66. The molecule has 10 heteroatoms. The van der Waals surface area contributed by atoms with Crippen molar-refractivity contribution in [2.75, 3.05) is 39.4 Å². The number of ether oxygens (including phenoxy) is 2. The van der Waals surface area contributed by atoms with Crippen LogP contribution in [0.4, 0.5) is 0 Å². The van der Waals surface area contributed by atoms with Crippen LogP contribution < -0.4 is 0 Å². The van der Waals surface area contributed by atoms with Gasteiger partial charge in [0.25, 0.3) is 0 Å². The van der Waals surface area contributed by atoms with Crippen LogP contribution in [0.3, 0.4) is 0 Å². The molecule has 43 heavy (non-hydrogen) atoms. The molecule has 0 aliphatic carbocycles. The molecule has 0 radical (unpaired) electrons. The number of hydrogen-bond donors (Lipinski definition) is 2. The quantitative estimate of drug-likeness (QED) is 0.288. The number of likely N-dealkylation sites (tertiary alicyclic amines) is 2. The van der Waals surface area contributed by atoms with E-state index in [4.69, 9.17) is 9.47 Å². The van der Waals surface area contributed by atoms with Crippen molar-refractivity contribution in [3.05, 3.63) is 53.6 Å². The van der Waals surface area contributed by atoms with Crippen molar-refractivity contribution >= 4 is 33.7 Å². The van der Waals surface area contributed by atoms with Gasteiger partial charge in [-0.3, -0.25) is 24.5 Å². The molecule has 2 saturated heterocycles. The SMILES string of the molecule is CCOC(=O)C1CCCN(C2CCN(Cc3cccc4[nH]c(-c5n[nH]c6cc(C#N)ccc56)cc34)CC2C(=O)OCC)C1. The zero-order valence-corrected chi connectivity index (χ0v) is 24.8. The lowest BCUT2D eigenvalue weighted by molar-refractivity contribution is -0.155. The van der Waals surface area contributed by atoms with E-state index in [1.165, 1.54) is 5.56 Å². The van der Waals surface area contributed by atoms with Gasteiger partial charge in [0, 0.05) is 48.5 Å². The number of piperidine rings is 2. The third-order valence-corrected chi connectivity index (χ3v) is 8.89. The Kier molecular flexibility index (Phi) is 8.45. The van der Waals surface area contributed by atoms with Crippen molar-refractivity contribution in [2.24, 2.45) is 11.8 Å². The van der Waals surface area contributed by atoms with E-state index in [-0.39, 0.29) is 29.8 Å². The maximum Gasteiger partial charge on any atom is 0.311 e. The molecule has 224 valence electrons. The number of H-pyrrole nitrogens is 2. The van der Waals surface area contributed by atoms with Crippen molar-refractivity contribution in [2.45, 2.75) is 45.7 Å². The Bertz CT molecular complexity index is 1670. The van der Waals surface area contributed by atoms with Crippen molar-refractivity contribution in [1.29, 1.82) is 5.26 Å². The number of nitriles is 1. The summed E-state index contributed by atoms with van der Waals surface area (Å²) in [6.45, 7) is 8.07. The number of rotatable bonds is 8. The summed E-state index contributed by atoms with van der Waals surface area (Å²) < 4.78 is 10.9. The predicted octanol–water partition coefficient (Wildman–Crippen LogP) is 4.61. The molecule has 3 atom stereocenters. The summed E-state index contributed by atoms with van der Waals surface area (Å²) in [5.74, 6) is -0.729. The van der Waals surface area contributed by atoms with Gasteiger partial charge in [-0.15, -0.1) is 0 Å². The number of carbonyl (C=O) groups excluding carboxylic acids is 2. The highest BCUT2D eigenvalue weighted by Crippen LogP contribution is 2.33. The van der Waals surface area contributed by atoms with Gasteiger partial charge < -0.3 is 14.5 Å². The zero-order valence-electron chi connectivity index (χ0n) is 24.8. The predicted molar refractivity (Wildman–Crippen MR) is 163 cm³/mol. The summed E-state index contributed by atoms with van der Waals surface area (Å²) in [5.41, 5.74) is 5.32. The van der Waals surface area contributed by atoms with E-state index in [2.05, 4.69) is 55.3 Å². The molecule has 2 aromatic carbocycles. The molecular weight excluding hydrogens is 544 g/mol. The fourth-order valence-corrected chi connectivity index (χ4v) is 6.85. The van der Waals surface area contributed by atoms with Gasteiger partial charge in [-0.25, -0.2) is 0 Å². The maximum absolute atomic E-state index is 13.3. The number of benzene rings is 2. The normalized spacial score (nSPS) is 21.6. The summed E-state index contributed by atoms with van der Waals surface area (Å²) in [6.07, 6.45) is 2.58. The van der Waals surface area contributed by atoms with Crippen LogP contribution in [0, 0.1) is 23.2 Å². The Morgan fingerprint density at radius 2 is 1.84 bits per heavy atom. The third kappa shape index (κ3) is 5.88. The van der Waals surface area contributed by atoms with Crippen LogP contribution >= 0.6 is 0 Å². The number of carbonyl (C=O) groups is 2. The van der Waals surface area contributed by atoms with Crippen LogP contribution in [0.2, 0.25) is 0 Å². The van der Waals surface area contributed by atoms with E-state index < -0.39 is 0 Å². The number of fused-ring (bicyclic) bond motifs is 2. The first kappa shape index (κ1) is 28.9. The Balaban J connectivity index is 1.21. The molecule has 6 rings (SSSR count). The van der Waals surface area contributed by atoms with E-state index in [0.717, 1.165) is 65.5 Å². The Morgan fingerprint density at radius 3 is 2.65 bits per heavy atom. The van der Waals surface area contributed by atoms with Crippen LogP contribution in [0.15, 0.2) is 42.5 Å². The fourth-order valence-electron chi connectivity index (χ4n) is 6.85. The van der Waals surface area contributed by atoms with Gasteiger partial charge in [-0.05, 0) is 75.5 Å². The van der Waals surface area contributed by atoms with E-state index in [0.29, 0.717) is 38.4 Å². The number of hydrogen-bond acceptors (Lipinski definition) is 8. The van der Waals surface area contributed by atoms with Crippen molar-refractivity contribution in [3.63, 3.8) is 0 Å². The minimum Gasteiger partial charge on any atom is -0.466 e. The number of nitrogens with one attached hydrogen (secondary N) is 2. The zero-order chi connectivity index (χ0) is 29.9. The molecule has 4 heterocycles. The molecule has 0 saturated carbocycles. The molecule has 2 N–H and O–H groups in total. The summed E-state index contributed by atoms with van der Waals surface area (Å²) in [4.78, 5) is 34.0. The van der Waals surface area contributed by atoms with Crippen LogP contribution in [-0.2, 0) is 25.6 Å². The van der Waals surface area contributed by atoms with Crippen molar-refractivity contribution < 1.29 is 19.1 Å². The lowest BCUT2D eigenvalue weighted by atomic mass is 9.87. The average molecular weight is 583 g/mol. The molecule has 2 aromatic heterocycles. The highest BCUT2D eigenvalue weighted by atomic mass is 16.5. The summed E-state index contributed by atoms with van der Waals surface area (Å²) >= 11 is 0. The maximum atomic E-state index is 13.3. The van der Waals surface area contributed by atoms with E-state index in [1.54, 1.807) is 6.07 Å². The Hall–Kier alpha value is -4.20. The summed E-state index contributed by atoms with van der Waals surface area (Å²) in [7, 11) is 0. The minimum atomic E-state index is -0.288. The molecule has 2 aliphatic rings. The molecule has 0 spiro atoms. The van der Waals surface area contributed by atoms with Gasteiger partial charge in [0.05, 0.1) is 47.9 Å². The number of aromatic nitrogens is 3. The van der Waals surface area contributed by atoms with Gasteiger partial charge in [0.15, 0.2) is 0 Å². The second kappa shape index (κ2) is 12.6. The van der Waals surface area contributed by atoms with E-state index >= 15 is 0 Å². The Labute approximate surface area is 250 Å². The standard InChI is InChI=1S/C33H38N6O4/c1-3-42-32(40)23-8-6-13-39(19-23)30-12-14-38(20-26(30)33(41)43-4-2)18-22-7-5-9-27-25(22)16-29(35-27)31-24-11-10-21(17-34)15-28(24)36-37-31/h5,7,9-11,15-16,23,26,30,35H,3-4,6,8,12-14,18-20H2,1-2H3,(H,36,37). The number of nitrogens with zero attached hydrogens (tertiary/aromatic N) is 4. The van der Waals surface area contributed by atoms with Crippen LogP contribution in [-0.4, -0.2) is 82.4 Å². The molecule has 2 aliphatic heterocycles.